The predicted molar refractivity (Wildman–Crippen MR) is 142 cm³/mol. The molecule has 1 aliphatic heterocycles. The summed E-state index contributed by atoms with van der Waals surface area (Å²) in [5.41, 5.74) is -0.178. The minimum Gasteiger partial charge on any atom is -0.444 e. The number of carbonyl (C=O) groups excluding carboxylic acids is 4. The third kappa shape index (κ3) is 9.93. The Bertz CT molecular complexity index is 932. The number of carbonyl (C=O) groups is 4. The molecule has 0 unspecified atom stereocenters. The Morgan fingerprint density at radius 1 is 1.11 bits per heavy atom. The van der Waals surface area contributed by atoms with Crippen LogP contribution in [0.3, 0.4) is 0 Å². The molecule has 198 valence electrons. The summed E-state index contributed by atoms with van der Waals surface area (Å²) in [5, 5.41) is 8.54. The van der Waals surface area contributed by atoms with Crippen LogP contribution in [-0.4, -0.2) is 70.9 Å². The van der Waals surface area contributed by atoms with Crippen molar-refractivity contribution in [1.82, 2.24) is 20.9 Å². The average Bonchev–Trinajstić information content (AvgIpc) is 3.31. The SMILES string of the molecule is CC(=S)NCCCC[C@H](NC(=O)[C@@H]1CCCN1C(=O)OC(C)(C)C)C(=O)NCC(=O)c1ccccc1. The van der Waals surface area contributed by atoms with E-state index >= 15 is 0 Å². The molecule has 2 rings (SSSR count). The van der Waals surface area contributed by atoms with Crippen LogP contribution in [0.2, 0.25) is 0 Å². The van der Waals surface area contributed by atoms with Crippen LogP contribution < -0.4 is 16.0 Å². The van der Waals surface area contributed by atoms with Gasteiger partial charge in [-0.15, -0.1) is 0 Å². The van der Waals surface area contributed by atoms with Crippen LogP contribution >= 0.6 is 12.2 Å². The summed E-state index contributed by atoms with van der Waals surface area (Å²) < 4.78 is 5.45. The highest BCUT2D eigenvalue weighted by atomic mass is 32.1. The lowest BCUT2D eigenvalue weighted by Gasteiger charge is -2.29. The first-order chi connectivity index (χ1) is 17.0. The normalized spacial score (nSPS) is 16.1. The molecule has 3 N–H and O–H groups in total. The van der Waals surface area contributed by atoms with E-state index in [1.807, 2.05) is 6.07 Å². The van der Waals surface area contributed by atoms with Gasteiger partial charge in [-0.1, -0.05) is 42.5 Å². The number of benzene rings is 1. The van der Waals surface area contributed by atoms with Crippen LogP contribution in [0, 0.1) is 0 Å². The molecule has 0 bridgehead atoms. The number of amides is 3. The van der Waals surface area contributed by atoms with E-state index < -0.39 is 35.6 Å². The lowest BCUT2D eigenvalue weighted by molar-refractivity contribution is -0.131. The number of unbranched alkanes of at least 4 members (excludes halogenated alkanes) is 1. The molecular formula is C26H38N4O5S. The lowest BCUT2D eigenvalue weighted by Crippen LogP contribution is -2.54. The van der Waals surface area contributed by atoms with Gasteiger partial charge in [-0.05, 0) is 59.8 Å². The van der Waals surface area contributed by atoms with Crippen LogP contribution in [0.15, 0.2) is 30.3 Å². The molecule has 1 aromatic carbocycles. The maximum atomic E-state index is 13.1. The first kappa shape index (κ1) is 29.2. The Kier molecular flexibility index (Phi) is 11.3. The van der Waals surface area contributed by atoms with Crippen molar-refractivity contribution in [3.63, 3.8) is 0 Å². The summed E-state index contributed by atoms with van der Waals surface area (Å²) in [6.07, 6.45) is 2.40. The molecule has 1 saturated heterocycles. The molecule has 9 nitrogen and oxygen atoms in total. The fourth-order valence-corrected chi connectivity index (χ4v) is 3.97. The van der Waals surface area contributed by atoms with Gasteiger partial charge >= 0.3 is 6.09 Å². The summed E-state index contributed by atoms with van der Waals surface area (Å²) >= 11 is 5.01. The second-order valence-corrected chi connectivity index (χ2v) is 10.5. The Morgan fingerprint density at radius 3 is 2.44 bits per heavy atom. The monoisotopic (exact) mass is 518 g/mol. The van der Waals surface area contributed by atoms with Gasteiger partial charge in [-0.25, -0.2) is 4.79 Å². The van der Waals surface area contributed by atoms with E-state index in [2.05, 4.69) is 16.0 Å². The fraction of sp³-hybridized carbons (Fsp3) is 0.577. The number of nitrogens with one attached hydrogen (secondary N) is 3. The van der Waals surface area contributed by atoms with E-state index in [0.717, 1.165) is 6.42 Å². The van der Waals surface area contributed by atoms with E-state index in [1.54, 1.807) is 52.0 Å². The van der Waals surface area contributed by atoms with E-state index in [9.17, 15) is 19.2 Å². The van der Waals surface area contributed by atoms with Crippen molar-refractivity contribution >= 4 is 40.9 Å². The number of likely N-dealkylation sites (tertiary alicyclic amines) is 1. The van der Waals surface area contributed by atoms with Crippen molar-refractivity contribution in [3.05, 3.63) is 35.9 Å². The maximum Gasteiger partial charge on any atom is 0.410 e. The van der Waals surface area contributed by atoms with Crippen molar-refractivity contribution < 1.29 is 23.9 Å². The van der Waals surface area contributed by atoms with Crippen LogP contribution in [0.25, 0.3) is 0 Å². The molecule has 3 amide bonds. The maximum absolute atomic E-state index is 13.1. The van der Waals surface area contributed by atoms with Crippen molar-refractivity contribution in [2.75, 3.05) is 19.6 Å². The largest absolute Gasteiger partial charge is 0.444 e. The molecule has 0 spiro atoms. The van der Waals surface area contributed by atoms with Gasteiger partial charge < -0.3 is 20.7 Å². The van der Waals surface area contributed by atoms with E-state index in [1.165, 1.54) is 4.90 Å². The third-order valence-corrected chi connectivity index (χ3v) is 5.77. The molecule has 0 saturated carbocycles. The van der Waals surface area contributed by atoms with Crippen molar-refractivity contribution in [1.29, 1.82) is 0 Å². The van der Waals surface area contributed by atoms with Crippen LogP contribution in [-0.2, 0) is 14.3 Å². The van der Waals surface area contributed by atoms with Crippen LogP contribution in [0.4, 0.5) is 4.79 Å². The smallest absolute Gasteiger partial charge is 0.410 e. The predicted octanol–water partition coefficient (Wildman–Crippen LogP) is 2.98. The number of hydrogen-bond donors (Lipinski definition) is 3. The fourth-order valence-electron chi connectivity index (χ4n) is 3.87. The Hall–Kier alpha value is -3.01. The molecular weight excluding hydrogens is 480 g/mol. The van der Waals surface area contributed by atoms with Crippen molar-refractivity contribution in [2.45, 2.75) is 77.5 Å². The minimum atomic E-state index is -0.837. The standard InChI is InChI=1S/C26H38N4O5S/c1-18(36)27-15-9-8-13-20(23(32)28-17-22(31)19-11-6-5-7-12-19)29-24(33)21-14-10-16-30(21)25(34)35-26(2,3)4/h5-7,11-12,20-21H,8-10,13-17H2,1-4H3,(H,27,36)(H,28,32)(H,29,33)/t20-,21-/m0/s1. The van der Waals surface area contributed by atoms with Crippen LogP contribution in [0.5, 0.6) is 0 Å². The van der Waals surface area contributed by atoms with Crippen molar-refractivity contribution in [3.8, 4) is 0 Å². The minimum absolute atomic E-state index is 0.172. The van der Waals surface area contributed by atoms with E-state index in [-0.39, 0.29) is 12.3 Å². The molecule has 1 aliphatic rings. The number of rotatable bonds is 11. The summed E-state index contributed by atoms with van der Waals surface area (Å²) in [6, 6.07) is 7.15. The highest BCUT2D eigenvalue weighted by Crippen LogP contribution is 2.21. The molecule has 1 heterocycles. The zero-order valence-electron chi connectivity index (χ0n) is 21.6. The van der Waals surface area contributed by atoms with E-state index in [0.29, 0.717) is 49.3 Å². The molecule has 0 aromatic heterocycles. The first-order valence-corrected chi connectivity index (χ1v) is 12.8. The van der Waals surface area contributed by atoms with Gasteiger partial charge in [0.25, 0.3) is 0 Å². The first-order valence-electron chi connectivity index (χ1n) is 12.4. The highest BCUT2D eigenvalue weighted by molar-refractivity contribution is 7.80. The van der Waals surface area contributed by atoms with E-state index in [4.69, 9.17) is 17.0 Å². The zero-order valence-corrected chi connectivity index (χ0v) is 22.4. The zero-order chi connectivity index (χ0) is 26.7. The number of thiocarbonyl (C=S) groups is 1. The number of hydrogen-bond acceptors (Lipinski definition) is 6. The van der Waals surface area contributed by atoms with Gasteiger partial charge in [-0.3, -0.25) is 19.3 Å². The summed E-state index contributed by atoms with van der Waals surface area (Å²) in [6.45, 7) is 8.02. The van der Waals surface area contributed by atoms with Gasteiger partial charge in [0.05, 0.1) is 11.5 Å². The van der Waals surface area contributed by atoms with Gasteiger partial charge in [0.15, 0.2) is 5.78 Å². The molecule has 1 fully saturated rings. The molecule has 36 heavy (non-hydrogen) atoms. The van der Waals surface area contributed by atoms with Gasteiger partial charge in [0.2, 0.25) is 11.8 Å². The Labute approximate surface area is 218 Å². The quantitative estimate of drug-likeness (QED) is 0.234. The van der Waals surface area contributed by atoms with Crippen molar-refractivity contribution in [2.24, 2.45) is 0 Å². The number of Topliss-reactive ketones (excluding diaryl/α,β-unsaturated/α-hetero) is 1. The molecule has 10 heteroatoms. The van der Waals surface area contributed by atoms with Gasteiger partial charge in [0, 0.05) is 18.7 Å². The number of ketones is 1. The Balaban J connectivity index is 2.01. The topological polar surface area (TPSA) is 117 Å². The van der Waals surface area contributed by atoms with Gasteiger partial charge in [-0.2, -0.15) is 0 Å². The molecule has 1 aromatic rings. The van der Waals surface area contributed by atoms with Crippen LogP contribution in [0.1, 0.15) is 70.2 Å². The second-order valence-electron chi connectivity index (χ2n) is 9.88. The number of ether oxygens (including phenoxy) is 1. The Morgan fingerprint density at radius 2 is 1.81 bits per heavy atom. The molecule has 2 atom stereocenters. The molecule has 0 aliphatic carbocycles. The highest BCUT2D eigenvalue weighted by Gasteiger charge is 2.37. The molecule has 0 radical (unpaired) electrons. The summed E-state index contributed by atoms with van der Waals surface area (Å²) in [5.74, 6) is -1.06. The lowest BCUT2D eigenvalue weighted by atomic mass is 10.1. The summed E-state index contributed by atoms with van der Waals surface area (Å²) in [7, 11) is 0. The summed E-state index contributed by atoms with van der Waals surface area (Å²) in [4.78, 5) is 53.3. The second kappa shape index (κ2) is 13.9. The average molecular weight is 519 g/mol. The third-order valence-electron chi connectivity index (χ3n) is 5.63. The number of nitrogens with zero attached hydrogens (tertiary/aromatic N) is 1. The van der Waals surface area contributed by atoms with Gasteiger partial charge in [0.1, 0.15) is 17.7 Å².